The number of hydrogen-bond acceptors (Lipinski definition) is 10. The molecule has 0 aliphatic carbocycles. The van der Waals surface area contributed by atoms with Crippen molar-refractivity contribution in [1.82, 2.24) is 5.32 Å². The molecule has 1 heterocycles. The van der Waals surface area contributed by atoms with Crippen molar-refractivity contribution in [3.63, 3.8) is 0 Å². The molecule has 2 rings (SSSR count). The molecule has 1 saturated heterocycles. The number of rotatable bonds is 12. The van der Waals surface area contributed by atoms with Crippen molar-refractivity contribution >= 4 is 23.5 Å². The summed E-state index contributed by atoms with van der Waals surface area (Å²) in [6.07, 6.45) is -8.86. The molecule has 1 aromatic rings. The third-order valence-corrected chi connectivity index (χ3v) is 6.05. The van der Waals surface area contributed by atoms with Crippen molar-refractivity contribution < 1.29 is 49.0 Å². The Morgan fingerprint density at radius 2 is 1.70 bits per heavy atom. The molecule has 12 nitrogen and oxygen atoms in total. The highest BCUT2D eigenvalue weighted by atomic mass is 16.7. The lowest BCUT2D eigenvalue weighted by Crippen LogP contribution is -2.61. The van der Waals surface area contributed by atoms with Crippen LogP contribution in [-0.2, 0) is 30.5 Å². The first-order valence-electron chi connectivity index (χ1n) is 12.2. The van der Waals surface area contributed by atoms with Crippen LogP contribution in [0.3, 0.4) is 0 Å². The Kier molecular flexibility index (Phi) is 11.3. The number of carbonyl (C=O) groups excluding carboxylic acids is 2. The predicted octanol–water partition coefficient (Wildman–Crippen LogP) is 0.620. The predicted molar refractivity (Wildman–Crippen MR) is 132 cm³/mol. The van der Waals surface area contributed by atoms with E-state index in [4.69, 9.17) is 14.2 Å². The maximum Gasteiger partial charge on any atom is 0.335 e. The van der Waals surface area contributed by atoms with E-state index in [-0.39, 0.29) is 42.3 Å². The van der Waals surface area contributed by atoms with Crippen molar-refractivity contribution in [2.45, 2.75) is 84.4 Å². The zero-order valence-electron chi connectivity index (χ0n) is 21.7. The molecule has 0 saturated carbocycles. The molecule has 1 fully saturated rings. The zero-order chi connectivity index (χ0) is 27.9. The zero-order valence-corrected chi connectivity index (χ0v) is 21.7. The summed E-state index contributed by atoms with van der Waals surface area (Å²) in [7, 11) is 0. The fourth-order valence-corrected chi connectivity index (χ4v) is 3.32. The summed E-state index contributed by atoms with van der Waals surface area (Å²) in [5, 5.41) is 45.5. The third-order valence-electron chi connectivity index (χ3n) is 6.05. The SMILES string of the molecule is CC(C)C(=O)OCc1ccc(O[C@H]2O[C@H](C(=O)O)[C@@H](O)[C@H](O)[C@H]2O)c(NC(=O)CCNC(C)C(C)C)c1. The normalized spacial score (nSPS) is 24.5. The molecule has 37 heavy (non-hydrogen) atoms. The molecule has 1 unspecified atom stereocenters. The maximum absolute atomic E-state index is 12.7. The van der Waals surface area contributed by atoms with Crippen molar-refractivity contribution in [2.24, 2.45) is 11.8 Å². The molecule has 208 valence electrons. The second kappa shape index (κ2) is 13.7. The van der Waals surface area contributed by atoms with Gasteiger partial charge in [-0.3, -0.25) is 9.59 Å². The minimum Gasteiger partial charge on any atom is -0.479 e. The van der Waals surface area contributed by atoms with Crippen molar-refractivity contribution in [3.8, 4) is 5.75 Å². The Hall–Kier alpha value is -2.77. The standard InChI is InChI=1S/C25H38N2O10/c1-12(2)14(5)26-9-8-18(28)27-16-10-15(11-35-24(34)13(3)4)6-7-17(16)36-25-21(31)19(29)20(30)22(37-25)23(32)33/h6-7,10,12-14,19-22,25-26,29-31H,8-9,11H2,1-5H3,(H,27,28)(H,32,33)/t14?,19-,20-,21+,22-,25-/m0/s1. The number of nitrogens with one attached hydrogen (secondary N) is 2. The molecular formula is C25H38N2O10. The second-order valence-electron chi connectivity index (χ2n) is 9.73. The summed E-state index contributed by atoms with van der Waals surface area (Å²) in [6.45, 7) is 9.89. The summed E-state index contributed by atoms with van der Waals surface area (Å²) < 4.78 is 16.1. The molecule has 0 bridgehead atoms. The average molecular weight is 527 g/mol. The van der Waals surface area contributed by atoms with Gasteiger partial charge in [-0.1, -0.05) is 33.8 Å². The molecule has 12 heteroatoms. The van der Waals surface area contributed by atoms with Crippen LogP contribution >= 0.6 is 0 Å². The maximum atomic E-state index is 12.7. The minimum absolute atomic E-state index is 0.00701. The number of carboxylic acid groups (broad SMARTS) is 1. The Bertz CT molecular complexity index is 938. The average Bonchev–Trinajstić information content (AvgIpc) is 2.83. The van der Waals surface area contributed by atoms with Crippen LogP contribution in [0, 0.1) is 11.8 Å². The lowest BCUT2D eigenvalue weighted by atomic mass is 9.99. The van der Waals surface area contributed by atoms with Crippen LogP contribution < -0.4 is 15.4 Å². The molecule has 1 amide bonds. The Morgan fingerprint density at radius 3 is 2.30 bits per heavy atom. The number of aliphatic carboxylic acids is 1. The number of amides is 1. The van der Waals surface area contributed by atoms with E-state index in [9.17, 15) is 34.8 Å². The molecule has 0 radical (unpaired) electrons. The summed E-state index contributed by atoms with van der Waals surface area (Å²) >= 11 is 0. The van der Waals surface area contributed by atoms with E-state index < -0.39 is 42.6 Å². The van der Waals surface area contributed by atoms with Gasteiger partial charge in [0.25, 0.3) is 0 Å². The summed E-state index contributed by atoms with van der Waals surface area (Å²) in [4.78, 5) is 35.9. The molecule has 1 aromatic carbocycles. The lowest BCUT2D eigenvalue weighted by molar-refractivity contribution is -0.271. The van der Waals surface area contributed by atoms with E-state index >= 15 is 0 Å². The first-order chi connectivity index (χ1) is 17.3. The topological polar surface area (TPSA) is 184 Å². The number of hydrogen-bond donors (Lipinski definition) is 6. The number of carboxylic acids is 1. The van der Waals surface area contributed by atoms with E-state index in [1.807, 2.05) is 6.92 Å². The van der Waals surface area contributed by atoms with Gasteiger partial charge in [0.2, 0.25) is 12.2 Å². The van der Waals surface area contributed by atoms with Crippen molar-refractivity contribution in [3.05, 3.63) is 23.8 Å². The van der Waals surface area contributed by atoms with Crippen LogP contribution in [0.25, 0.3) is 0 Å². The highest BCUT2D eigenvalue weighted by Gasteiger charge is 2.48. The molecule has 0 spiro atoms. The first-order valence-corrected chi connectivity index (χ1v) is 12.2. The van der Waals surface area contributed by atoms with Gasteiger partial charge in [0.05, 0.1) is 11.6 Å². The van der Waals surface area contributed by atoms with Crippen LogP contribution in [0.2, 0.25) is 0 Å². The minimum atomic E-state index is -1.87. The van der Waals surface area contributed by atoms with Gasteiger partial charge in [-0.15, -0.1) is 0 Å². The van der Waals surface area contributed by atoms with E-state index in [2.05, 4.69) is 24.5 Å². The van der Waals surface area contributed by atoms with Gasteiger partial charge in [0.15, 0.2) is 6.10 Å². The Labute approximate surface area is 215 Å². The quantitative estimate of drug-likeness (QED) is 0.210. The first kappa shape index (κ1) is 30.5. The fraction of sp³-hybridized carbons (Fsp3) is 0.640. The van der Waals surface area contributed by atoms with E-state index in [0.717, 1.165) is 0 Å². The van der Waals surface area contributed by atoms with Gasteiger partial charge in [-0.05, 0) is 30.5 Å². The summed E-state index contributed by atoms with van der Waals surface area (Å²) in [6, 6.07) is 4.70. The van der Waals surface area contributed by atoms with Crippen LogP contribution in [-0.4, -0.2) is 81.6 Å². The Morgan fingerprint density at radius 1 is 1.03 bits per heavy atom. The summed E-state index contributed by atoms with van der Waals surface area (Å²) in [5.41, 5.74) is 0.690. The van der Waals surface area contributed by atoms with Crippen LogP contribution in [0.5, 0.6) is 5.75 Å². The van der Waals surface area contributed by atoms with Crippen LogP contribution in [0.1, 0.15) is 46.6 Å². The van der Waals surface area contributed by atoms with Gasteiger partial charge in [-0.2, -0.15) is 0 Å². The lowest BCUT2D eigenvalue weighted by Gasteiger charge is -2.38. The van der Waals surface area contributed by atoms with Gasteiger partial charge in [0, 0.05) is 19.0 Å². The van der Waals surface area contributed by atoms with E-state index in [1.165, 1.54) is 12.1 Å². The summed E-state index contributed by atoms with van der Waals surface area (Å²) in [5.74, 6) is -2.23. The number of esters is 1. The van der Waals surface area contributed by atoms with Gasteiger partial charge < -0.3 is 45.3 Å². The molecule has 0 aromatic heterocycles. The monoisotopic (exact) mass is 526 g/mol. The van der Waals surface area contributed by atoms with Crippen LogP contribution in [0.15, 0.2) is 18.2 Å². The number of aliphatic hydroxyl groups is 3. The van der Waals surface area contributed by atoms with Crippen molar-refractivity contribution in [2.75, 3.05) is 11.9 Å². The molecule has 1 aliphatic rings. The number of ether oxygens (including phenoxy) is 3. The van der Waals surface area contributed by atoms with Gasteiger partial charge >= 0.3 is 11.9 Å². The molecule has 6 N–H and O–H groups in total. The number of aliphatic hydroxyl groups excluding tert-OH is 3. The Balaban J connectivity index is 2.22. The smallest absolute Gasteiger partial charge is 0.335 e. The van der Waals surface area contributed by atoms with Gasteiger partial charge in [0.1, 0.15) is 30.7 Å². The third kappa shape index (κ3) is 8.64. The highest BCUT2D eigenvalue weighted by molar-refractivity contribution is 5.92. The van der Waals surface area contributed by atoms with E-state index in [0.29, 0.717) is 18.0 Å². The fourth-order valence-electron chi connectivity index (χ4n) is 3.32. The van der Waals surface area contributed by atoms with Gasteiger partial charge in [-0.25, -0.2) is 4.79 Å². The number of benzene rings is 1. The van der Waals surface area contributed by atoms with Crippen molar-refractivity contribution in [1.29, 1.82) is 0 Å². The van der Waals surface area contributed by atoms with E-state index in [1.54, 1.807) is 19.9 Å². The highest BCUT2D eigenvalue weighted by Crippen LogP contribution is 2.31. The molecular weight excluding hydrogens is 488 g/mol. The number of anilines is 1. The largest absolute Gasteiger partial charge is 0.479 e. The molecule has 1 aliphatic heterocycles. The van der Waals surface area contributed by atoms with Crippen LogP contribution in [0.4, 0.5) is 5.69 Å². The second-order valence-corrected chi connectivity index (χ2v) is 9.73. The molecule has 6 atom stereocenters. The number of carbonyl (C=O) groups is 3.